The molecule has 0 spiro atoms. The lowest BCUT2D eigenvalue weighted by molar-refractivity contribution is 0.301. The van der Waals surface area contributed by atoms with Gasteiger partial charge in [-0.05, 0) is 40.2 Å². The van der Waals surface area contributed by atoms with Crippen LogP contribution in [0.15, 0.2) is 41.1 Å². The number of aromatic nitrogens is 1. The van der Waals surface area contributed by atoms with Gasteiger partial charge in [-0.2, -0.15) is 0 Å². The molecule has 0 aliphatic rings. The molecular weight excluding hydrogens is 352 g/mol. The summed E-state index contributed by atoms with van der Waals surface area (Å²) in [6.07, 6.45) is 3.55. The highest BCUT2D eigenvalue weighted by Gasteiger charge is 2.06. The molecule has 0 atom stereocenters. The number of pyridine rings is 1. The molecule has 1 N–H and O–H groups in total. The zero-order valence-corrected chi connectivity index (χ0v) is 14.4. The lowest BCUT2D eigenvalue weighted by Crippen LogP contribution is -2.22. The highest BCUT2D eigenvalue weighted by Crippen LogP contribution is 2.24. The number of nitrogens with one attached hydrogen (secondary N) is 1. The van der Waals surface area contributed by atoms with Crippen LogP contribution in [0.3, 0.4) is 0 Å². The predicted octanol–water partition coefficient (Wildman–Crippen LogP) is 4.57. The molecule has 0 saturated carbocycles. The van der Waals surface area contributed by atoms with Gasteiger partial charge in [0.05, 0.1) is 0 Å². The number of nitrogens with zero attached hydrogens (tertiary/aromatic N) is 1. The summed E-state index contributed by atoms with van der Waals surface area (Å²) in [5.74, 6) is 0.840. The summed E-state index contributed by atoms with van der Waals surface area (Å²) < 4.78 is 6.85. The van der Waals surface area contributed by atoms with Crippen LogP contribution in [-0.2, 0) is 13.2 Å². The molecule has 0 fully saturated rings. The van der Waals surface area contributed by atoms with Crippen molar-refractivity contribution in [3.05, 3.63) is 57.3 Å². The molecule has 3 nitrogen and oxygen atoms in total. The summed E-state index contributed by atoms with van der Waals surface area (Å²) in [4.78, 5) is 4.13. The van der Waals surface area contributed by atoms with Crippen molar-refractivity contribution in [3.63, 3.8) is 0 Å². The molecule has 112 valence electrons. The second-order valence-electron chi connectivity index (χ2n) is 5.09. The van der Waals surface area contributed by atoms with Crippen LogP contribution in [0.25, 0.3) is 0 Å². The minimum absolute atomic E-state index is 0.408. The van der Waals surface area contributed by atoms with Gasteiger partial charge in [-0.25, -0.2) is 0 Å². The zero-order valence-electron chi connectivity index (χ0n) is 12.1. The Balaban J connectivity index is 2.08. The highest BCUT2D eigenvalue weighted by molar-refractivity contribution is 9.10. The van der Waals surface area contributed by atoms with Gasteiger partial charge < -0.3 is 10.1 Å². The average Bonchev–Trinajstić information content (AvgIpc) is 2.44. The number of hydrogen-bond acceptors (Lipinski definition) is 3. The number of halogens is 2. The van der Waals surface area contributed by atoms with Gasteiger partial charge in [0.2, 0.25) is 0 Å². The van der Waals surface area contributed by atoms with Crippen LogP contribution in [-0.4, -0.2) is 11.0 Å². The van der Waals surface area contributed by atoms with Crippen LogP contribution in [0, 0.1) is 0 Å². The lowest BCUT2D eigenvalue weighted by Gasteiger charge is -2.14. The van der Waals surface area contributed by atoms with E-state index < -0.39 is 0 Å². The van der Waals surface area contributed by atoms with E-state index in [1.165, 1.54) is 0 Å². The van der Waals surface area contributed by atoms with Gasteiger partial charge in [-0.1, -0.05) is 25.4 Å². The molecular formula is C16H18BrClN2O. The van der Waals surface area contributed by atoms with E-state index in [-0.39, 0.29) is 0 Å². The Morgan fingerprint density at radius 1 is 1.29 bits per heavy atom. The van der Waals surface area contributed by atoms with Gasteiger partial charge in [0, 0.05) is 45.6 Å². The van der Waals surface area contributed by atoms with E-state index in [0.29, 0.717) is 17.7 Å². The molecule has 1 heterocycles. The normalized spacial score (nSPS) is 10.9. The Labute approximate surface area is 138 Å². The minimum atomic E-state index is 0.408. The van der Waals surface area contributed by atoms with Crippen molar-refractivity contribution in [2.75, 3.05) is 0 Å². The van der Waals surface area contributed by atoms with Crippen molar-refractivity contribution in [2.24, 2.45) is 0 Å². The molecule has 5 heteroatoms. The first kappa shape index (κ1) is 16.3. The third-order valence-corrected chi connectivity index (χ3v) is 3.55. The van der Waals surface area contributed by atoms with E-state index in [1.54, 1.807) is 12.4 Å². The van der Waals surface area contributed by atoms with E-state index in [9.17, 15) is 0 Å². The van der Waals surface area contributed by atoms with Gasteiger partial charge in [0.25, 0.3) is 0 Å². The van der Waals surface area contributed by atoms with Crippen LogP contribution in [0.2, 0.25) is 5.02 Å². The topological polar surface area (TPSA) is 34.1 Å². The fourth-order valence-corrected chi connectivity index (χ4v) is 2.44. The summed E-state index contributed by atoms with van der Waals surface area (Å²) in [6, 6.07) is 8.09. The molecule has 0 unspecified atom stereocenters. The molecule has 0 aliphatic carbocycles. The van der Waals surface area contributed by atoms with Crippen LogP contribution in [0.5, 0.6) is 5.75 Å². The summed E-state index contributed by atoms with van der Waals surface area (Å²) in [5, 5.41) is 4.09. The van der Waals surface area contributed by atoms with E-state index in [0.717, 1.165) is 27.9 Å². The predicted molar refractivity (Wildman–Crippen MR) is 89.7 cm³/mol. The van der Waals surface area contributed by atoms with Crippen molar-refractivity contribution in [1.82, 2.24) is 10.3 Å². The van der Waals surface area contributed by atoms with Gasteiger partial charge in [0.1, 0.15) is 12.4 Å². The molecule has 1 aromatic carbocycles. The third-order valence-electron chi connectivity index (χ3n) is 2.88. The summed E-state index contributed by atoms with van der Waals surface area (Å²) in [7, 11) is 0. The fourth-order valence-electron chi connectivity index (χ4n) is 1.84. The van der Waals surface area contributed by atoms with E-state index in [1.807, 2.05) is 24.3 Å². The van der Waals surface area contributed by atoms with Crippen molar-refractivity contribution >= 4 is 27.5 Å². The molecule has 0 amide bonds. The van der Waals surface area contributed by atoms with E-state index in [4.69, 9.17) is 16.3 Å². The standard InChI is InChI=1S/C16H18BrClN2O/c1-11(2)20-8-13-6-15(18)3-4-16(13)21-10-12-5-14(17)9-19-7-12/h3-7,9,11,20H,8,10H2,1-2H3. The number of hydrogen-bond donors (Lipinski definition) is 1. The van der Waals surface area contributed by atoms with Crippen molar-refractivity contribution < 1.29 is 4.74 Å². The Morgan fingerprint density at radius 3 is 2.81 bits per heavy atom. The van der Waals surface area contributed by atoms with Crippen molar-refractivity contribution in [3.8, 4) is 5.75 Å². The maximum atomic E-state index is 6.07. The summed E-state index contributed by atoms with van der Waals surface area (Å²) >= 11 is 9.48. The van der Waals surface area contributed by atoms with Crippen LogP contribution >= 0.6 is 27.5 Å². The fraction of sp³-hybridized carbons (Fsp3) is 0.312. The van der Waals surface area contributed by atoms with E-state index in [2.05, 4.69) is 40.1 Å². The summed E-state index contributed by atoms with van der Waals surface area (Å²) in [5.41, 5.74) is 2.07. The second kappa shape index (κ2) is 7.78. The highest BCUT2D eigenvalue weighted by atomic mass is 79.9. The molecule has 0 radical (unpaired) electrons. The van der Waals surface area contributed by atoms with Crippen LogP contribution in [0.1, 0.15) is 25.0 Å². The Morgan fingerprint density at radius 2 is 2.10 bits per heavy atom. The van der Waals surface area contributed by atoms with Crippen LogP contribution in [0.4, 0.5) is 0 Å². The van der Waals surface area contributed by atoms with E-state index >= 15 is 0 Å². The largest absolute Gasteiger partial charge is 0.489 e. The molecule has 0 saturated heterocycles. The van der Waals surface area contributed by atoms with Gasteiger partial charge in [-0.15, -0.1) is 0 Å². The molecule has 21 heavy (non-hydrogen) atoms. The first-order chi connectivity index (χ1) is 10.0. The number of benzene rings is 1. The Bertz CT molecular complexity index is 605. The monoisotopic (exact) mass is 368 g/mol. The molecule has 0 bridgehead atoms. The molecule has 2 rings (SSSR count). The first-order valence-electron chi connectivity index (χ1n) is 6.78. The maximum absolute atomic E-state index is 6.07. The van der Waals surface area contributed by atoms with Crippen molar-refractivity contribution in [1.29, 1.82) is 0 Å². The number of rotatable bonds is 6. The average molecular weight is 370 g/mol. The summed E-state index contributed by atoms with van der Waals surface area (Å²) in [6.45, 7) is 5.42. The Kier molecular flexibility index (Phi) is 6.03. The smallest absolute Gasteiger partial charge is 0.124 e. The minimum Gasteiger partial charge on any atom is -0.489 e. The number of ether oxygens (including phenoxy) is 1. The van der Waals surface area contributed by atoms with Gasteiger partial charge in [-0.3, -0.25) is 4.98 Å². The lowest BCUT2D eigenvalue weighted by atomic mass is 10.2. The van der Waals surface area contributed by atoms with Crippen LogP contribution < -0.4 is 10.1 Å². The zero-order chi connectivity index (χ0) is 15.2. The quantitative estimate of drug-likeness (QED) is 0.809. The molecule has 1 aromatic heterocycles. The molecule has 0 aliphatic heterocycles. The Hall–Kier alpha value is -1.10. The third kappa shape index (κ3) is 5.30. The van der Waals surface area contributed by atoms with Gasteiger partial charge >= 0.3 is 0 Å². The SMILES string of the molecule is CC(C)NCc1cc(Cl)ccc1OCc1cncc(Br)c1. The van der Waals surface area contributed by atoms with Crippen molar-refractivity contribution in [2.45, 2.75) is 33.0 Å². The molecule has 2 aromatic rings. The maximum Gasteiger partial charge on any atom is 0.124 e. The first-order valence-corrected chi connectivity index (χ1v) is 7.95. The van der Waals surface area contributed by atoms with Gasteiger partial charge in [0.15, 0.2) is 0 Å². The second-order valence-corrected chi connectivity index (χ2v) is 6.44.